The second-order valence-corrected chi connectivity index (χ2v) is 6.99. The maximum Gasteiger partial charge on any atom is 0.289 e. The first-order chi connectivity index (χ1) is 14.4. The third kappa shape index (κ3) is 3.84. The SMILES string of the molecule is Cc1cc(Cc2ccc(F)c(F)c2)c(=O)n2nc(C(=O)NCc3ccccc3)[nH]c12. The fourth-order valence-electron chi connectivity index (χ4n) is 3.24. The van der Waals surface area contributed by atoms with Gasteiger partial charge in [0.1, 0.15) is 5.65 Å². The Morgan fingerprint density at radius 3 is 2.57 bits per heavy atom. The molecule has 152 valence electrons. The summed E-state index contributed by atoms with van der Waals surface area (Å²) in [6, 6.07) is 14.6. The first kappa shape index (κ1) is 19.5. The van der Waals surface area contributed by atoms with Crippen molar-refractivity contribution in [1.29, 1.82) is 0 Å². The van der Waals surface area contributed by atoms with E-state index in [1.54, 1.807) is 13.0 Å². The highest BCUT2D eigenvalue weighted by atomic mass is 19.2. The first-order valence-corrected chi connectivity index (χ1v) is 9.30. The number of nitrogens with one attached hydrogen (secondary N) is 2. The smallest absolute Gasteiger partial charge is 0.289 e. The summed E-state index contributed by atoms with van der Waals surface area (Å²) in [5.74, 6) is -2.34. The number of carbonyl (C=O) groups is 1. The number of amides is 1. The van der Waals surface area contributed by atoms with Crippen LogP contribution >= 0.6 is 0 Å². The van der Waals surface area contributed by atoms with E-state index < -0.39 is 23.1 Å². The number of nitrogens with zero attached hydrogens (tertiary/aromatic N) is 2. The molecule has 0 aliphatic heterocycles. The molecule has 2 heterocycles. The molecule has 0 radical (unpaired) electrons. The van der Waals surface area contributed by atoms with Gasteiger partial charge in [0.15, 0.2) is 11.6 Å². The molecule has 0 aliphatic carbocycles. The standard InChI is InChI=1S/C22H18F2N4O2/c1-13-9-16(10-15-7-8-17(23)18(24)11-15)22(30)28-20(13)26-19(27-28)21(29)25-12-14-5-3-2-4-6-14/h2-9,11H,10,12H2,1H3,(H,25,29)(H,26,27). The molecule has 8 heteroatoms. The van der Waals surface area contributed by atoms with Crippen LogP contribution in [0.15, 0.2) is 59.4 Å². The molecule has 0 aliphatic rings. The average molecular weight is 408 g/mol. The third-order valence-corrected chi connectivity index (χ3v) is 4.77. The molecular formula is C22H18F2N4O2. The Bertz CT molecular complexity index is 1300. The van der Waals surface area contributed by atoms with E-state index in [9.17, 15) is 18.4 Å². The largest absolute Gasteiger partial charge is 0.345 e. The molecule has 0 atom stereocenters. The number of hydrogen-bond donors (Lipinski definition) is 2. The lowest BCUT2D eigenvalue weighted by Crippen LogP contribution is -2.25. The van der Waals surface area contributed by atoms with Gasteiger partial charge in [0.25, 0.3) is 11.5 Å². The molecule has 0 fully saturated rings. The number of aromatic nitrogens is 3. The molecule has 30 heavy (non-hydrogen) atoms. The van der Waals surface area contributed by atoms with Gasteiger partial charge in [-0.2, -0.15) is 4.52 Å². The minimum Gasteiger partial charge on any atom is -0.345 e. The van der Waals surface area contributed by atoms with Crippen LogP contribution in [-0.2, 0) is 13.0 Å². The summed E-state index contributed by atoms with van der Waals surface area (Å²) in [4.78, 5) is 28.2. The van der Waals surface area contributed by atoms with Crippen LogP contribution < -0.4 is 10.9 Å². The first-order valence-electron chi connectivity index (χ1n) is 9.30. The van der Waals surface area contributed by atoms with Crippen LogP contribution in [0.3, 0.4) is 0 Å². The van der Waals surface area contributed by atoms with Crippen LogP contribution in [0.4, 0.5) is 8.78 Å². The lowest BCUT2D eigenvalue weighted by molar-refractivity contribution is 0.0940. The van der Waals surface area contributed by atoms with Gasteiger partial charge in [-0.3, -0.25) is 9.59 Å². The van der Waals surface area contributed by atoms with Gasteiger partial charge in [0, 0.05) is 18.5 Å². The van der Waals surface area contributed by atoms with Crippen LogP contribution in [0, 0.1) is 18.6 Å². The lowest BCUT2D eigenvalue weighted by Gasteiger charge is -2.04. The third-order valence-electron chi connectivity index (χ3n) is 4.77. The van der Waals surface area contributed by atoms with Gasteiger partial charge in [0.05, 0.1) is 0 Å². The number of fused-ring (bicyclic) bond motifs is 1. The Morgan fingerprint density at radius 2 is 1.83 bits per heavy atom. The monoisotopic (exact) mass is 408 g/mol. The van der Waals surface area contributed by atoms with Crippen LogP contribution in [0.2, 0.25) is 0 Å². The molecule has 4 rings (SSSR count). The summed E-state index contributed by atoms with van der Waals surface area (Å²) >= 11 is 0. The van der Waals surface area contributed by atoms with Crippen LogP contribution in [0.1, 0.15) is 32.9 Å². The molecule has 4 aromatic rings. The molecule has 0 saturated heterocycles. The molecule has 2 aromatic carbocycles. The summed E-state index contributed by atoms with van der Waals surface area (Å²) in [7, 11) is 0. The maximum absolute atomic E-state index is 13.5. The topological polar surface area (TPSA) is 79.3 Å². The van der Waals surface area contributed by atoms with E-state index >= 15 is 0 Å². The zero-order valence-corrected chi connectivity index (χ0v) is 16.1. The fraction of sp³-hybridized carbons (Fsp3) is 0.136. The Balaban J connectivity index is 1.61. The van der Waals surface area contributed by atoms with E-state index in [4.69, 9.17) is 0 Å². The van der Waals surface area contributed by atoms with Gasteiger partial charge < -0.3 is 10.3 Å². The van der Waals surface area contributed by atoms with Crippen molar-refractivity contribution < 1.29 is 13.6 Å². The van der Waals surface area contributed by atoms with Gasteiger partial charge >= 0.3 is 0 Å². The predicted octanol–water partition coefficient (Wildman–Crippen LogP) is 3.13. The van der Waals surface area contributed by atoms with E-state index in [0.29, 0.717) is 28.9 Å². The number of benzene rings is 2. The molecule has 0 spiro atoms. The van der Waals surface area contributed by atoms with Gasteiger partial charge in [0.2, 0.25) is 5.82 Å². The average Bonchev–Trinajstić information content (AvgIpc) is 3.20. The van der Waals surface area contributed by atoms with Gasteiger partial charge in [-0.25, -0.2) is 8.78 Å². The molecule has 1 amide bonds. The van der Waals surface area contributed by atoms with Crippen molar-refractivity contribution in [2.24, 2.45) is 0 Å². The normalized spacial score (nSPS) is 11.0. The number of pyridine rings is 1. The number of hydrogen-bond acceptors (Lipinski definition) is 3. The quantitative estimate of drug-likeness (QED) is 0.533. The number of H-pyrrole nitrogens is 1. The highest BCUT2D eigenvalue weighted by Gasteiger charge is 2.16. The van der Waals surface area contributed by atoms with Crippen molar-refractivity contribution in [2.45, 2.75) is 19.9 Å². The molecular weight excluding hydrogens is 390 g/mol. The molecule has 0 saturated carbocycles. The number of halogens is 2. The summed E-state index contributed by atoms with van der Waals surface area (Å²) < 4.78 is 27.8. The minimum absolute atomic E-state index is 0.0103. The zero-order valence-electron chi connectivity index (χ0n) is 16.1. The van der Waals surface area contributed by atoms with Crippen molar-refractivity contribution in [3.8, 4) is 0 Å². The summed E-state index contributed by atoms with van der Waals surface area (Å²) in [5, 5.41) is 6.88. The number of carbonyl (C=O) groups excluding carboxylic acids is 1. The van der Waals surface area contributed by atoms with Crippen molar-refractivity contribution in [3.05, 3.63) is 105 Å². The fourth-order valence-corrected chi connectivity index (χ4v) is 3.24. The number of aromatic amines is 1. The van der Waals surface area contributed by atoms with E-state index in [1.807, 2.05) is 30.3 Å². The van der Waals surface area contributed by atoms with Crippen LogP contribution in [0.25, 0.3) is 5.65 Å². The highest BCUT2D eigenvalue weighted by Crippen LogP contribution is 2.14. The van der Waals surface area contributed by atoms with Crippen molar-refractivity contribution in [2.75, 3.05) is 0 Å². The predicted molar refractivity (Wildman–Crippen MR) is 107 cm³/mol. The van der Waals surface area contributed by atoms with E-state index in [0.717, 1.165) is 22.2 Å². The van der Waals surface area contributed by atoms with Crippen molar-refractivity contribution >= 4 is 11.6 Å². The molecule has 0 unspecified atom stereocenters. The maximum atomic E-state index is 13.5. The van der Waals surface area contributed by atoms with Gasteiger partial charge in [-0.15, -0.1) is 5.10 Å². The van der Waals surface area contributed by atoms with E-state index in [2.05, 4.69) is 15.4 Å². The Hall–Kier alpha value is -3.81. The second-order valence-electron chi connectivity index (χ2n) is 6.99. The number of aryl methyl sites for hydroxylation is 1. The summed E-state index contributed by atoms with van der Waals surface area (Å²) in [6.45, 7) is 2.10. The lowest BCUT2D eigenvalue weighted by atomic mass is 10.0. The minimum atomic E-state index is -0.970. The molecule has 2 aromatic heterocycles. The molecule has 2 N–H and O–H groups in total. The number of rotatable bonds is 5. The Morgan fingerprint density at radius 1 is 1.07 bits per heavy atom. The van der Waals surface area contributed by atoms with Crippen LogP contribution in [0.5, 0.6) is 0 Å². The molecule has 6 nitrogen and oxygen atoms in total. The molecule has 0 bridgehead atoms. The van der Waals surface area contributed by atoms with Crippen molar-refractivity contribution in [3.63, 3.8) is 0 Å². The zero-order chi connectivity index (χ0) is 21.3. The van der Waals surface area contributed by atoms with Crippen molar-refractivity contribution in [1.82, 2.24) is 19.9 Å². The van der Waals surface area contributed by atoms with Crippen LogP contribution in [-0.4, -0.2) is 20.5 Å². The Kier molecular flexibility index (Phi) is 5.14. The Labute approximate surface area is 170 Å². The highest BCUT2D eigenvalue weighted by molar-refractivity contribution is 5.91. The second kappa shape index (κ2) is 7.90. The van der Waals surface area contributed by atoms with Gasteiger partial charge in [-0.1, -0.05) is 36.4 Å². The summed E-state index contributed by atoms with van der Waals surface area (Å²) in [5.41, 5.74) is 2.42. The van der Waals surface area contributed by atoms with E-state index in [1.165, 1.54) is 6.07 Å². The summed E-state index contributed by atoms with van der Waals surface area (Å²) in [6.07, 6.45) is 0.113. The van der Waals surface area contributed by atoms with Gasteiger partial charge in [-0.05, 0) is 41.8 Å². The van der Waals surface area contributed by atoms with E-state index in [-0.39, 0.29) is 12.2 Å².